The first kappa shape index (κ1) is 10.8. The fourth-order valence-corrected chi connectivity index (χ4v) is 1.39. The molecule has 1 aromatic heterocycles. The maximum Gasteiger partial charge on any atom is 0.0547 e. The van der Waals surface area contributed by atoms with Crippen molar-refractivity contribution < 1.29 is 0 Å². The Labute approximate surface area is 85.7 Å². The van der Waals surface area contributed by atoms with Gasteiger partial charge in [0.15, 0.2) is 0 Å². The minimum atomic E-state index is 0.708. The van der Waals surface area contributed by atoms with Gasteiger partial charge in [-0.3, -0.25) is 4.98 Å². The highest BCUT2D eigenvalue weighted by molar-refractivity contribution is 5.51. The monoisotopic (exact) mass is 193 g/mol. The van der Waals surface area contributed by atoms with Gasteiger partial charge in [-0.2, -0.15) is 0 Å². The zero-order chi connectivity index (χ0) is 10.4. The van der Waals surface area contributed by atoms with Crippen LogP contribution in [-0.4, -0.2) is 11.5 Å². The summed E-state index contributed by atoms with van der Waals surface area (Å²) in [6.45, 7) is 5.43. The fraction of sp³-hybridized carbons (Fsp3) is 0.545. The summed E-state index contributed by atoms with van der Waals surface area (Å²) in [5, 5.41) is 3.34. The van der Waals surface area contributed by atoms with E-state index in [1.807, 2.05) is 6.07 Å². The molecule has 0 saturated heterocycles. The van der Waals surface area contributed by atoms with Gasteiger partial charge in [0.1, 0.15) is 0 Å². The Morgan fingerprint density at radius 3 is 2.64 bits per heavy atom. The molecule has 0 saturated carbocycles. The molecule has 1 aromatic rings. The molecule has 0 radical (unpaired) electrons. The quantitative estimate of drug-likeness (QED) is 0.755. The van der Waals surface area contributed by atoms with E-state index >= 15 is 0 Å². The molecule has 0 unspecified atom stereocenters. The van der Waals surface area contributed by atoms with E-state index in [0.29, 0.717) is 5.69 Å². The Morgan fingerprint density at radius 2 is 2.07 bits per heavy atom. The Morgan fingerprint density at radius 1 is 1.36 bits per heavy atom. The number of nitrogens with one attached hydrogen (secondary N) is 1. The van der Waals surface area contributed by atoms with E-state index in [-0.39, 0.29) is 0 Å². The highest BCUT2D eigenvalue weighted by atomic mass is 14.9. The molecule has 3 nitrogen and oxygen atoms in total. The number of hydrogen-bond acceptors (Lipinski definition) is 3. The Hall–Kier alpha value is -1.25. The smallest absolute Gasteiger partial charge is 0.0547 e. The molecule has 0 bridgehead atoms. The molecule has 0 amide bonds. The van der Waals surface area contributed by atoms with Crippen LogP contribution in [0.15, 0.2) is 18.5 Å². The Bertz CT molecular complexity index is 269. The van der Waals surface area contributed by atoms with Crippen molar-refractivity contribution in [3.05, 3.63) is 18.5 Å². The Kier molecular flexibility index (Phi) is 4.23. The predicted molar refractivity (Wildman–Crippen MR) is 61.2 cm³/mol. The van der Waals surface area contributed by atoms with E-state index in [0.717, 1.165) is 18.2 Å². The van der Waals surface area contributed by atoms with Gasteiger partial charge < -0.3 is 11.1 Å². The lowest BCUT2D eigenvalue weighted by Gasteiger charge is -2.14. The van der Waals surface area contributed by atoms with Crippen LogP contribution in [0.5, 0.6) is 0 Å². The molecule has 78 valence electrons. The van der Waals surface area contributed by atoms with Gasteiger partial charge in [-0.05, 0) is 12.0 Å². The van der Waals surface area contributed by atoms with Gasteiger partial charge in [0.25, 0.3) is 0 Å². The molecular weight excluding hydrogens is 174 g/mol. The van der Waals surface area contributed by atoms with Crippen molar-refractivity contribution in [2.24, 2.45) is 5.92 Å². The molecule has 0 aliphatic heterocycles. The largest absolute Gasteiger partial charge is 0.397 e. The highest BCUT2D eigenvalue weighted by Crippen LogP contribution is 2.12. The maximum atomic E-state index is 5.63. The summed E-state index contributed by atoms with van der Waals surface area (Å²) >= 11 is 0. The molecule has 0 aliphatic carbocycles. The van der Waals surface area contributed by atoms with Gasteiger partial charge in [-0.25, -0.2) is 0 Å². The summed E-state index contributed by atoms with van der Waals surface area (Å²) in [4.78, 5) is 4.03. The van der Waals surface area contributed by atoms with Gasteiger partial charge in [-0.1, -0.05) is 26.7 Å². The lowest BCUT2D eigenvalue weighted by Crippen LogP contribution is -2.12. The molecule has 0 aromatic carbocycles. The summed E-state index contributed by atoms with van der Waals surface area (Å²) in [6.07, 6.45) is 5.87. The second kappa shape index (κ2) is 5.47. The van der Waals surface area contributed by atoms with Gasteiger partial charge in [0.2, 0.25) is 0 Å². The molecule has 3 N–H and O–H groups in total. The van der Waals surface area contributed by atoms with Crippen LogP contribution in [0.4, 0.5) is 11.4 Å². The van der Waals surface area contributed by atoms with Crippen LogP contribution in [0, 0.1) is 5.92 Å². The third-order valence-corrected chi connectivity index (χ3v) is 2.51. The maximum absolute atomic E-state index is 5.63. The fourth-order valence-electron chi connectivity index (χ4n) is 1.39. The third kappa shape index (κ3) is 3.24. The predicted octanol–water partition coefficient (Wildman–Crippen LogP) is 2.51. The first-order valence-corrected chi connectivity index (χ1v) is 5.20. The average molecular weight is 193 g/mol. The van der Waals surface area contributed by atoms with Crippen LogP contribution >= 0.6 is 0 Å². The number of nitrogens with zero attached hydrogens (tertiary/aromatic N) is 1. The number of pyridine rings is 1. The molecule has 3 heteroatoms. The van der Waals surface area contributed by atoms with E-state index in [4.69, 9.17) is 5.73 Å². The SMILES string of the molecule is CCC(CC)CNc1cncc(N)c1. The van der Waals surface area contributed by atoms with Crippen LogP contribution in [-0.2, 0) is 0 Å². The molecule has 14 heavy (non-hydrogen) atoms. The van der Waals surface area contributed by atoms with Crippen LogP contribution in [0.25, 0.3) is 0 Å². The summed E-state index contributed by atoms with van der Waals surface area (Å²) in [7, 11) is 0. The van der Waals surface area contributed by atoms with Crippen LogP contribution in [0.3, 0.4) is 0 Å². The van der Waals surface area contributed by atoms with Crippen molar-refractivity contribution in [1.82, 2.24) is 4.98 Å². The minimum Gasteiger partial charge on any atom is -0.397 e. The summed E-state index contributed by atoms with van der Waals surface area (Å²) in [5.74, 6) is 0.733. The van der Waals surface area contributed by atoms with Gasteiger partial charge in [-0.15, -0.1) is 0 Å². The zero-order valence-electron chi connectivity index (χ0n) is 8.96. The van der Waals surface area contributed by atoms with Crippen LogP contribution < -0.4 is 11.1 Å². The first-order valence-electron chi connectivity index (χ1n) is 5.20. The lowest BCUT2D eigenvalue weighted by atomic mass is 10.0. The van der Waals surface area contributed by atoms with E-state index in [9.17, 15) is 0 Å². The molecule has 0 spiro atoms. The van der Waals surface area contributed by atoms with Crippen LogP contribution in [0.2, 0.25) is 0 Å². The number of anilines is 2. The molecule has 1 rings (SSSR count). The van der Waals surface area contributed by atoms with Crippen molar-refractivity contribution in [3.63, 3.8) is 0 Å². The summed E-state index contributed by atoms with van der Waals surface area (Å²) in [5.41, 5.74) is 7.35. The van der Waals surface area contributed by atoms with Gasteiger partial charge in [0.05, 0.1) is 17.6 Å². The number of aromatic nitrogens is 1. The molecular formula is C11H19N3. The van der Waals surface area contributed by atoms with Crippen molar-refractivity contribution in [3.8, 4) is 0 Å². The molecule has 0 aliphatic rings. The van der Waals surface area contributed by atoms with Crippen LogP contribution in [0.1, 0.15) is 26.7 Å². The zero-order valence-corrected chi connectivity index (χ0v) is 8.96. The summed E-state index contributed by atoms with van der Waals surface area (Å²) < 4.78 is 0. The van der Waals surface area contributed by atoms with Gasteiger partial charge in [0, 0.05) is 12.7 Å². The molecule has 1 heterocycles. The van der Waals surface area contributed by atoms with E-state index in [2.05, 4.69) is 24.1 Å². The lowest BCUT2D eigenvalue weighted by molar-refractivity contribution is 0.519. The van der Waals surface area contributed by atoms with E-state index in [1.165, 1.54) is 12.8 Å². The molecule has 0 fully saturated rings. The van der Waals surface area contributed by atoms with E-state index < -0.39 is 0 Å². The topological polar surface area (TPSA) is 50.9 Å². The van der Waals surface area contributed by atoms with Gasteiger partial charge >= 0.3 is 0 Å². The van der Waals surface area contributed by atoms with Crippen molar-refractivity contribution in [2.45, 2.75) is 26.7 Å². The second-order valence-corrected chi connectivity index (χ2v) is 3.57. The van der Waals surface area contributed by atoms with Crippen molar-refractivity contribution >= 4 is 11.4 Å². The number of nitrogen functional groups attached to an aromatic ring is 1. The number of hydrogen-bond donors (Lipinski definition) is 2. The first-order chi connectivity index (χ1) is 6.76. The number of nitrogens with two attached hydrogens (primary N) is 1. The normalized spacial score (nSPS) is 10.5. The molecule has 0 atom stereocenters. The average Bonchev–Trinajstić information content (AvgIpc) is 2.19. The minimum absolute atomic E-state index is 0.708. The Balaban J connectivity index is 2.44. The van der Waals surface area contributed by atoms with Crippen molar-refractivity contribution in [2.75, 3.05) is 17.6 Å². The second-order valence-electron chi connectivity index (χ2n) is 3.57. The van der Waals surface area contributed by atoms with Crippen molar-refractivity contribution in [1.29, 1.82) is 0 Å². The standard InChI is InChI=1S/C11H19N3/c1-3-9(4-2)6-14-11-5-10(12)7-13-8-11/h5,7-9,14H,3-4,6,12H2,1-2H3. The third-order valence-electron chi connectivity index (χ3n) is 2.51. The number of rotatable bonds is 5. The summed E-state index contributed by atoms with van der Waals surface area (Å²) in [6, 6.07) is 1.91. The van der Waals surface area contributed by atoms with E-state index in [1.54, 1.807) is 12.4 Å². The highest BCUT2D eigenvalue weighted by Gasteiger charge is 2.02.